The van der Waals surface area contributed by atoms with Crippen LogP contribution in [0.5, 0.6) is 0 Å². The number of carbonyl (C=O) groups excluding carboxylic acids is 2. The minimum absolute atomic E-state index is 0.0510. The SMILES string of the molecule is C=CC(=O)N1C[C@H](Nc2ncnc3c2ccn3COC(=O)C(C)C)CCC1C. The van der Waals surface area contributed by atoms with Crippen molar-refractivity contribution in [1.29, 1.82) is 0 Å². The summed E-state index contributed by atoms with van der Waals surface area (Å²) in [5, 5.41) is 4.30. The van der Waals surface area contributed by atoms with E-state index in [1.54, 1.807) is 18.4 Å². The van der Waals surface area contributed by atoms with E-state index >= 15 is 0 Å². The summed E-state index contributed by atoms with van der Waals surface area (Å²) >= 11 is 0. The van der Waals surface area contributed by atoms with Gasteiger partial charge in [-0.2, -0.15) is 0 Å². The monoisotopic (exact) mass is 385 g/mol. The third-order valence-electron chi connectivity index (χ3n) is 5.05. The molecule has 8 heteroatoms. The zero-order valence-electron chi connectivity index (χ0n) is 16.6. The molecule has 1 saturated heterocycles. The average molecular weight is 385 g/mol. The molecule has 3 rings (SSSR count). The van der Waals surface area contributed by atoms with Gasteiger partial charge in [0.2, 0.25) is 5.91 Å². The molecule has 1 aliphatic heterocycles. The summed E-state index contributed by atoms with van der Waals surface area (Å²) in [4.78, 5) is 34.3. The van der Waals surface area contributed by atoms with E-state index in [2.05, 4.69) is 28.8 Å². The van der Waals surface area contributed by atoms with Gasteiger partial charge in [0, 0.05) is 24.8 Å². The smallest absolute Gasteiger partial charge is 0.310 e. The summed E-state index contributed by atoms with van der Waals surface area (Å²) < 4.78 is 7.08. The van der Waals surface area contributed by atoms with Crippen LogP contribution in [0.15, 0.2) is 31.2 Å². The predicted octanol–water partition coefficient (Wildman–Crippen LogP) is 2.57. The Labute approximate surface area is 164 Å². The first-order valence-electron chi connectivity index (χ1n) is 9.56. The lowest BCUT2D eigenvalue weighted by Crippen LogP contribution is -2.49. The highest BCUT2D eigenvalue weighted by atomic mass is 16.5. The van der Waals surface area contributed by atoms with Crippen molar-refractivity contribution in [3.63, 3.8) is 0 Å². The van der Waals surface area contributed by atoms with Crippen LogP contribution in [-0.2, 0) is 21.1 Å². The van der Waals surface area contributed by atoms with Crippen LogP contribution in [0, 0.1) is 5.92 Å². The van der Waals surface area contributed by atoms with Gasteiger partial charge in [-0.1, -0.05) is 20.4 Å². The van der Waals surface area contributed by atoms with Crippen molar-refractivity contribution in [2.24, 2.45) is 5.92 Å². The second-order valence-corrected chi connectivity index (χ2v) is 7.45. The number of nitrogens with one attached hydrogen (secondary N) is 1. The number of rotatable bonds is 6. The maximum atomic E-state index is 12.1. The van der Waals surface area contributed by atoms with E-state index < -0.39 is 0 Å². The molecular formula is C20H27N5O3. The standard InChI is InChI=1S/C20H27N5O3/c1-5-17(26)25-10-15(7-6-14(25)4)23-18-16-8-9-24(19(16)22-11-21-18)12-28-20(27)13(2)3/h5,8-9,11,13-15H,1,6-7,10,12H2,2-4H3,(H,21,22,23)/t14?,15-/m1/s1. The quantitative estimate of drug-likeness (QED) is 0.607. The van der Waals surface area contributed by atoms with Gasteiger partial charge in [0.25, 0.3) is 0 Å². The molecule has 0 aromatic carbocycles. The Morgan fingerprint density at radius 2 is 2.18 bits per heavy atom. The molecule has 2 aromatic heterocycles. The fourth-order valence-corrected chi connectivity index (χ4v) is 3.37. The Hall–Kier alpha value is -2.90. The first-order chi connectivity index (χ1) is 13.4. The molecule has 150 valence electrons. The molecule has 0 aliphatic carbocycles. The van der Waals surface area contributed by atoms with E-state index in [4.69, 9.17) is 4.74 Å². The number of amides is 1. The van der Waals surface area contributed by atoms with Crippen molar-refractivity contribution >= 4 is 28.7 Å². The van der Waals surface area contributed by atoms with Crippen molar-refractivity contribution < 1.29 is 14.3 Å². The molecule has 0 spiro atoms. The maximum absolute atomic E-state index is 12.1. The first kappa shape index (κ1) is 19.9. The minimum atomic E-state index is -0.252. The van der Waals surface area contributed by atoms with Gasteiger partial charge in [-0.15, -0.1) is 0 Å². The van der Waals surface area contributed by atoms with Gasteiger partial charge < -0.3 is 15.0 Å². The number of nitrogens with zero attached hydrogens (tertiary/aromatic N) is 4. The lowest BCUT2D eigenvalue weighted by molar-refractivity contribution is -0.151. The van der Waals surface area contributed by atoms with Crippen LogP contribution in [0.3, 0.4) is 0 Å². The Morgan fingerprint density at radius 3 is 2.89 bits per heavy atom. The molecule has 0 radical (unpaired) electrons. The molecule has 8 nitrogen and oxygen atoms in total. The summed E-state index contributed by atoms with van der Waals surface area (Å²) in [6.45, 7) is 9.95. The lowest BCUT2D eigenvalue weighted by Gasteiger charge is -2.38. The predicted molar refractivity (Wildman–Crippen MR) is 106 cm³/mol. The lowest BCUT2D eigenvalue weighted by atomic mass is 9.99. The number of hydrogen-bond donors (Lipinski definition) is 1. The Kier molecular flexibility index (Phi) is 5.96. The van der Waals surface area contributed by atoms with Gasteiger partial charge in [0.1, 0.15) is 17.8 Å². The second kappa shape index (κ2) is 8.41. The number of carbonyl (C=O) groups is 2. The fourth-order valence-electron chi connectivity index (χ4n) is 3.37. The Bertz CT molecular complexity index is 876. The topological polar surface area (TPSA) is 89.3 Å². The molecule has 1 amide bonds. The minimum Gasteiger partial charge on any atom is -0.444 e. The zero-order chi connectivity index (χ0) is 20.3. The Morgan fingerprint density at radius 1 is 1.39 bits per heavy atom. The number of likely N-dealkylation sites (tertiary alicyclic amines) is 1. The molecule has 2 aromatic rings. The van der Waals surface area contributed by atoms with Crippen LogP contribution >= 0.6 is 0 Å². The molecule has 1 fully saturated rings. The normalized spacial score (nSPS) is 19.6. The van der Waals surface area contributed by atoms with Crippen LogP contribution in [0.25, 0.3) is 11.0 Å². The number of ether oxygens (including phenoxy) is 1. The largest absolute Gasteiger partial charge is 0.444 e. The van der Waals surface area contributed by atoms with Crippen LogP contribution in [-0.4, -0.2) is 49.9 Å². The summed E-state index contributed by atoms with van der Waals surface area (Å²) in [6.07, 6.45) is 6.54. The number of anilines is 1. The van der Waals surface area contributed by atoms with Gasteiger partial charge in [-0.25, -0.2) is 9.97 Å². The number of piperidine rings is 1. The van der Waals surface area contributed by atoms with E-state index in [1.165, 1.54) is 12.4 Å². The molecule has 28 heavy (non-hydrogen) atoms. The summed E-state index contributed by atoms with van der Waals surface area (Å²) in [5.74, 6) is 0.232. The molecule has 1 aliphatic rings. The second-order valence-electron chi connectivity index (χ2n) is 7.45. The van der Waals surface area contributed by atoms with E-state index in [-0.39, 0.29) is 36.6 Å². The molecule has 1 unspecified atom stereocenters. The van der Waals surface area contributed by atoms with Gasteiger partial charge in [0.15, 0.2) is 6.73 Å². The van der Waals surface area contributed by atoms with Gasteiger partial charge in [-0.3, -0.25) is 14.2 Å². The highest BCUT2D eigenvalue weighted by molar-refractivity contribution is 5.88. The highest BCUT2D eigenvalue weighted by Gasteiger charge is 2.28. The van der Waals surface area contributed by atoms with Crippen LogP contribution < -0.4 is 5.32 Å². The summed E-state index contributed by atoms with van der Waals surface area (Å²) in [7, 11) is 0. The van der Waals surface area contributed by atoms with Gasteiger partial charge in [0.05, 0.1) is 11.3 Å². The molecule has 0 bridgehead atoms. The third kappa shape index (κ3) is 4.16. The molecule has 1 N–H and O–H groups in total. The average Bonchev–Trinajstić information content (AvgIpc) is 3.11. The van der Waals surface area contributed by atoms with Crippen LogP contribution in [0.2, 0.25) is 0 Å². The van der Waals surface area contributed by atoms with E-state index in [1.807, 2.05) is 17.2 Å². The molecule has 2 atom stereocenters. The molecular weight excluding hydrogens is 358 g/mol. The Balaban J connectivity index is 1.74. The molecule has 3 heterocycles. The van der Waals surface area contributed by atoms with Crippen molar-refractivity contribution in [1.82, 2.24) is 19.4 Å². The van der Waals surface area contributed by atoms with E-state index in [0.29, 0.717) is 18.0 Å². The third-order valence-corrected chi connectivity index (χ3v) is 5.05. The first-order valence-corrected chi connectivity index (χ1v) is 9.56. The van der Waals surface area contributed by atoms with E-state index in [0.717, 1.165) is 18.2 Å². The van der Waals surface area contributed by atoms with E-state index in [9.17, 15) is 9.59 Å². The summed E-state index contributed by atoms with van der Waals surface area (Å²) in [5.41, 5.74) is 0.692. The zero-order valence-corrected chi connectivity index (χ0v) is 16.6. The van der Waals surface area contributed by atoms with Gasteiger partial charge in [-0.05, 0) is 31.9 Å². The fraction of sp³-hybridized carbons (Fsp3) is 0.500. The van der Waals surface area contributed by atoms with Crippen LogP contribution in [0.4, 0.5) is 5.82 Å². The molecule has 0 saturated carbocycles. The number of aromatic nitrogens is 3. The van der Waals surface area contributed by atoms with Crippen molar-refractivity contribution in [3.05, 3.63) is 31.2 Å². The van der Waals surface area contributed by atoms with Crippen molar-refractivity contribution in [2.45, 2.75) is 52.4 Å². The van der Waals surface area contributed by atoms with Crippen molar-refractivity contribution in [3.8, 4) is 0 Å². The number of hydrogen-bond acceptors (Lipinski definition) is 6. The number of fused-ring (bicyclic) bond motifs is 1. The van der Waals surface area contributed by atoms with Crippen molar-refractivity contribution in [2.75, 3.05) is 11.9 Å². The van der Waals surface area contributed by atoms with Gasteiger partial charge >= 0.3 is 5.97 Å². The number of esters is 1. The summed E-state index contributed by atoms with van der Waals surface area (Å²) in [6, 6.07) is 2.20. The maximum Gasteiger partial charge on any atom is 0.310 e. The highest BCUT2D eigenvalue weighted by Crippen LogP contribution is 2.25. The van der Waals surface area contributed by atoms with Crippen LogP contribution in [0.1, 0.15) is 33.6 Å².